The average molecular weight is 578 g/mol. The van der Waals surface area contributed by atoms with E-state index in [1.165, 1.54) is 10.5 Å². The lowest BCUT2D eigenvalue weighted by Crippen LogP contribution is -2.74. The number of phenols is 1. The van der Waals surface area contributed by atoms with E-state index in [0.29, 0.717) is 23.5 Å². The molecule has 0 aromatic heterocycles. The first-order valence-corrected chi connectivity index (χ1v) is 14.4. The zero-order valence-corrected chi connectivity index (χ0v) is 24.9. The van der Waals surface area contributed by atoms with Crippen molar-refractivity contribution >= 4 is 40.3 Å². The van der Waals surface area contributed by atoms with Crippen molar-refractivity contribution in [2.24, 2.45) is 35.3 Å². The summed E-state index contributed by atoms with van der Waals surface area (Å²) in [7, 11) is 6.82. The highest BCUT2D eigenvalue weighted by Crippen LogP contribution is 2.53. The molecule has 42 heavy (non-hydrogen) atoms. The summed E-state index contributed by atoms with van der Waals surface area (Å²) in [5.74, 6) is -9.93. The number of phenolic OH excluding ortho intramolecular Hbond substituents is 1. The number of anilines is 1. The van der Waals surface area contributed by atoms with Gasteiger partial charge in [-0.1, -0.05) is 31.6 Å². The molecule has 0 spiro atoms. The number of rotatable bonds is 6. The summed E-state index contributed by atoms with van der Waals surface area (Å²) in [6.07, 6.45) is 5.75. The summed E-state index contributed by atoms with van der Waals surface area (Å²) in [5.41, 5.74) is 6.57. The molecular weight excluding hydrogens is 538 g/mol. The minimum absolute atomic E-state index is 0.0148. The monoisotopic (exact) mass is 577 g/mol. The molecule has 224 valence electrons. The Labute approximate surface area is 245 Å². The second kappa shape index (κ2) is 10.3. The van der Waals surface area contributed by atoms with Gasteiger partial charge < -0.3 is 20.8 Å². The Morgan fingerprint density at radius 2 is 1.76 bits per heavy atom. The molecular formula is C32H39N3O7. The second-order valence-corrected chi connectivity index (χ2v) is 13.1. The van der Waals surface area contributed by atoms with E-state index >= 15 is 0 Å². The topological polar surface area (TPSA) is 158 Å². The van der Waals surface area contributed by atoms with E-state index in [0.717, 1.165) is 17.7 Å². The number of carbonyl (C=O) groups is 5. The van der Waals surface area contributed by atoms with Crippen molar-refractivity contribution in [2.45, 2.75) is 51.2 Å². The molecule has 10 heteroatoms. The van der Waals surface area contributed by atoms with Gasteiger partial charge in [0.2, 0.25) is 5.91 Å². The standard InChI is InChI=1S/C32H39N3O7/c1-14(2)9-15-7-8-16(10-15)18-13-21(34(3)4)19-11-17-12-20-25(35(5)6)28(38)24(31(33)41)30(40)32(20,42)29(39)22(17)27(37)23(19)26(18)36/h7-8,13-14,17,20,22,24-25,36,42H,9-12H2,1-6H3,(H2,33,41)/t17-,20-,22?,24?,25-,32-/m0/s1. The number of Topliss-reactive ketones (excluding diaryl/α,β-unsaturated/α-hetero) is 4. The molecule has 6 atom stereocenters. The number of fused-ring (bicyclic) bond motifs is 3. The quantitative estimate of drug-likeness (QED) is 0.428. The van der Waals surface area contributed by atoms with Crippen LogP contribution in [0.15, 0.2) is 23.8 Å². The number of hydrogen-bond donors (Lipinski definition) is 3. The molecule has 0 heterocycles. The lowest BCUT2D eigenvalue weighted by atomic mass is 9.52. The van der Waals surface area contributed by atoms with Gasteiger partial charge in [0.15, 0.2) is 34.7 Å². The maximum atomic E-state index is 14.2. The van der Waals surface area contributed by atoms with Crippen LogP contribution in [0.2, 0.25) is 0 Å². The van der Waals surface area contributed by atoms with Crippen molar-refractivity contribution in [1.82, 2.24) is 4.90 Å². The van der Waals surface area contributed by atoms with Gasteiger partial charge in [0, 0.05) is 31.3 Å². The van der Waals surface area contributed by atoms with Crippen molar-refractivity contribution in [2.75, 3.05) is 33.1 Å². The maximum absolute atomic E-state index is 14.2. The van der Waals surface area contributed by atoms with Crippen molar-refractivity contribution in [3.63, 3.8) is 0 Å². The lowest BCUT2D eigenvalue weighted by molar-refractivity contribution is -0.181. The van der Waals surface area contributed by atoms with E-state index in [1.54, 1.807) is 14.1 Å². The first-order valence-electron chi connectivity index (χ1n) is 14.4. The minimum atomic E-state index is -2.74. The molecule has 0 aliphatic heterocycles. The number of aliphatic hydroxyl groups is 1. The number of aromatic hydroxyl groups is 1. The van der Waals surface area contributed by atoms with Gasteiger partial charge in [-0.05, 0) is 68.8 Å². The van der Waals surface area contributed by atoms with Gasteiger partial charge in [-0.25, -0.2) is 0 Å². The van der Waals surface area contributed by atoms with Gasteiger partial charge >= 0.3 is 0 Å². The third kappa shape index (κ3) is 4.26. The van der Waals surface area contributed by atoms with Crippen LogP contribution in [-0.4, -0.2) is 84.0 Å². The largest absolute Gasteiger partial charge is 0.507 e. The number of likely N-dealkylation sites (N-methyl/N-ethyl adjacent to an activating group) is 1. The number of allylic oxidation sites excluding steroid dienone is 4. The fraction of sp³-hybridized carbons (Fsp3) is 0.531. The van der Waals surface area contributed by atoms with Gasteiger partial charge in [0.1, 0.15) is 5.75 Å². The normalized spacial score (nSPS) is 30.6. The van der Waals surface area contributed by atoms with E-state index in [9.17, 15) is 34.2 Å². The molecule has 1 aromatic rings. The minimum Gasteiger partial charge on any atom is -0.507 e. The van der Waals surface area contributed by atoms with E-state index in [-0.39, 0.29) is 24.2 Å². The molecule has 1 aromatic carbocycles. The molecule has 2 unspecified atom stereocenters. The SMILES string of the molecule is CC(C)CC1=CC=C(c2cc(N(C)C)c3c(c2O)C(=O)C2C(=O)[C@]4(O)C(=O)C(C(N)=O)C(=O)[C@@H](N(C)C)[C@@H]4C[C@@H]2C3)C1. The van der Waals surface area contributed by atoms with Gasteiger partial charge in [-0.2, -0.15) is 0 Å². The molecule has 4 N–H and O–H groups in total. The van der Waals surface area contributed by atoms with E-state index in [4.69, 9.17) is 5.73 Å². The Kier molecular flexibility index (Phi) is 7.30. The van der Waals surface area contributed by atoms with Crippen LogP contribution in [-0.2, 0) is 25.6 Å². The predicted octanol–water partition coefficient (Wildman–Crippen LogP) is 1.69. The van der Waals surface area contributed by atoms with Gasteiger partial charge in [0.25, 0.3) is 0 Å². The number of hydrogen-bond acceptors (Lipinski definition) is 9. The first kappa shape index (κ1) is 29.8. The molecule has 4 aliphatic rings. The summed E-state index contributed by atoms with van der Waals surface area (Å²) >= 11 is 0. The third-order valence-electron chi connectivity index (χ3n) is 9.47. The zero-order chi connectivity index (χ0) is 31.0. The van der Waals surface area contributed by atoms with Gasteiger partial charge in [0.05, 0.1) is 17.5 Å². The molecule has 2 fully saturated rings. The van der Waals surface area contributed by atoms with Crippen LogP contribution in [0.5, 0.6) is 5.75 Å². The average Bonchev–Trinajstić information content (AvgIpc) is 3.33. The Morgan fingerprint density at radius 3 is 2.33 bits per heavy atom. The third-order valence-corrected chi connectivity index (χ3v) is 9.47. The smallest absolute Gasteiger partial charge is 0.235 e. The highest BCUT2D eigenvalue weighted by atomic mass is 16.3. The summed E-state index contributed by atoms with van der Waals surface area (Å²) in [6, 6.07) is 0.742. The van der Waals surface area contributed by atoms with Crippen LogP contribution in [0.3, 0.4) is 0 Å². The molecule has 0 radical (unpaired) electrons. The second-order valence-electron chi connectivity index (χ2n) is 13.1. The molecule has 0 bridgehead atoms. The van der Waals surface area contributed by atoms with E-state index in [2.05, 4.69) is 13.8 Å². The van der Waals surface area contributed by atoms with Gasteiger partial charge in [-0.3, -0.25) is 28.9 Å². The van der Waals surface area contributed by atoms with Crippen LogP contribution in [0.4, 0.5) is 5.69 Å². The van der Waals surface area contributed by atoms with Crippen molar-refractivity contribution in [3.8, 4) is 5.75 Å². The number of primary amides is 1. The van der Waals surface area contributed by atoms with Crippen molar-refractivity contribution in [1.29, 1.82) is 0 Å². The summed E-state index contributed by atoms with van der Waals surface area (Å²) in [4.78, 5) is 70.7. The number of ketones is 4. The van der Waals surface area contributed by atoms with Crippen LogP contribution in [0, 0.1) is 29.6 Å². The molecule has 5 rings (SSSR count). The van der Waals surface area contributed by atoms with Crippen molar-refractivity contribution < 1.29 is 34.2 Å². The van der Waals surface area contributed by atoms with Crippen LogP contribution >= 0.6 is 0 Å². The number of nitrogens with zero attached hydrogens (tertiary/aromatic N) is 2. The predicted molar refractivity (Wildman–Crippen MR) is 156 cm³/mol. The Balaban J connectivity index is 1.62. The number of nitrogens with two attached hydrogens (primary N) is 1. The van der Waals surface area contributed by atoms with E-state index in [1.807, 2.05) is 37.2 Å². The Morgan fingerprint density at radius 1 is 1.10 bits per heavy atom. The fourth-order valence-corrected chi connectivity index (χ4v) is 7.73. The highest BCUT2D eigenvalue weighted by molar-refractivity contribution is 6.32. The molecule has 0 saturated heterocycles. The number of benzene rings is 1. The van der Waals surface area contributed by atoms with Crippen molar-refractivity contribution in [3.05, 3.63) is 40.5 Å². The Hall–Kier alpha value is -3.63. The number of amides is 1. The van der Waals surface area contributed by atoms with Crippen LogP contribution in [0.1, 0.15) is 54.6 Å². The number of carbonyl (C=O) groups excluding carboxylic acids is 5. The van der Waals surface area contributed by atoms with Crippen LogP contribution < -0.4 is 10.6 Å². The molecule has 4 aliphatic carbocycles. The maximum Gasteiger partial charge on any atom is 0.235 e. The molecule has 10 nitrogen and oxygen atoms in total. The summed E-state index contributed by atoms with van der Waals surface area (Å²) in [5, 5.41) is 23.4. The molecule has 2 saturated carbocycles. The van der Waals surface area contributed by atoms with Gasteiger partial charge in [-0.15, -0.1) is 0 Å². The van der Waals surface area contributed by atoms with E-state index < -0.39 is 64.4 Å². The Bertz CT molecular complexity index is 1490. The summed E-state index contributed by atoms with van der Waals surface area (Å²) in [6.45, 7) is 4.26. The summed E-state index contributed by atoms with van der Waals surface area (Å²) < 4.78 is 0. The molecule has 1 amide bonds. The van der Waals surface area contributed by atoms with Crippen LogP contribution in [0.25, 0.3) is 5.57 Å². The first-order chi connectivity index (χ1) is 19.6. The fourth-order valence-electron chi connectivity index (χ4n) is 7.73. The highest BCUT2D eigenvalue weighted by Gasteiger charge is 2.69. The zero-order valence-electron chi connectivity index (χ0n) is 24.9. The lowest BCUT2D eigenvalue weighted by Gasteiger charge is -2.52.